The SMILES string of the molecule is COCCCn1c(SC(C)C(=O)Nc2c(C)cccc2C)nc2ccccc2c1=O. The summed E-state index contributed by atoms with van der Waals surface area (Å²) in [5.74, 6) is -0.122. The van der Waals surface area contributed by atoms with Crippen LogP contribution in [0.3, 0.4) is 0 Å². The number of anilines is 1. The van der Waals surface area contributed by atoms with Crippen LogP contribution in [0.1, 0.15) is 24.5 Å². The van der Waals surface area contributed by atoms with Gasteiger partial charge in [0.1, 0.15) is 0 Å². The fourth-order valence-electron chi connectivity index (χ4n) is 3.25. The number of carbonyl (C=O) groups excluding carboxylic acids is 1. The molecule has 3 rings (SSSR count). The molecule has 0 bridgehead atoms. The molecular weight excluding hydrogens is 398 g/mol. The van der Waals surface area contributed by atoms with Crippen LogP contribution in [-0.2, 0) is 16.1 Å². The van der Waals surface area contributed by atoms with E-state index in [9.17, 15) is 9.59 Å². The van der Waals surface area contributed by atoms with Gasteiger partial charge >= 0.3 is 0 Å². The quantitative estimate of drug-likeness (QED) is 0.333. The van der Waals surface area contributed by atoms with Crippen molar-refractivity contribution in [3.63, 3.8) is 0 Å². The highest BCUT2D eigenvalue weighted by Crippen LogP contribution is 2.25. The first-order chi connectivity index (χ1) is 14.4. The van der Waals surface area contributed by atoms with Crippen molar-refractivity contribution in [2.45, 2.75) is 44.1 Å². The van der Waals surface area contributed by atoms with Crippen molar-refractivity contribution in [1.82, 2.24) is 9.55 Å². The van der Waals surface area contributed by atoms with E-state index in [0.717, 1.165) is 16.8 Å². The molecule has 1 heterocycles. The zero-order valence-corrected chi connectivity index (χ0v) is 18.6. The predicted molar refractivity (Wildman–Crippen MR) is 122 cm³/mol. The Balaban J connectivity index is 1.88. The Labute approximate surface area is 180 Å². The number of ether oxygens (including phenoxy) is 1. The lowest BCUT2D eigenvalue weighted by atomic mass is 10.1. The van der Waals surface area contributed by atoms with Crippen molar-refractivity contribution in [1.29, 1.82) is 0 Å². The third-order valence-corrected chi connectivity index (χ3v) is 6.03. The molecule has 1 amide bonds. The highest BCUT2D eigenvalue weighted by molar-refractivity contribution is 8.00. The minimum absolute atomic E-state index is 0.0958. The first-order valence-electron chi connectivity index (χ1n) is 9.94. The molecule has 0 saturated carbocycles. The van der Waals surface area contributed by atoms with Crippen LogP contribution in [-0.4, -0.2) is 34.4 Å². The maximum absolute atomic E-state index is 13.0. The number of rotatable bonds is 8. The summed E-state index contributed by atoms with van der Waals surface area (Å²) in [4.78, 5) is 30.6. The number of carbonyl (C=O) groups is 1. The minimum atomic E-state index is -0.425. The molecule has 2 aromatic carbocycles. The molecule has 30 heavy (non-hydrogen) atoms. The molecule has 1 unspecified atom stereocenters. The number of para-hydroxylation sites is 2. The van der Waals surface area contributed by atoms with Gasteiger partial charge in [0.05, 0.1) is 16.2 Å². The summed E-state index contributed by atoms with van der Waals surface area (Å²) in [5, 5.41) is 3.72. The van der Waals surface area contributed by atoms with Crippen molar-refractivity contribution < 1.29 is 9.53 Å². The number of aromatic nitrogens is 2. The molecule has 6 nitrogen and oxygen atoms in total. The Morgan fingerprint density at radius 1 is 1.17 bits per heavy atom. The van der Waals surface area contributed by atoms with E-state index in [1.165, 1.54) is 11.8 Å². The average Bonchev–Trinajstić information content (AvgIpc) is 2.73. The van der Waals surface area contributed by atoms with Gasteiger partial charge in [-0.1, -0.05) is 42.1 Å². The second kappa shape index (κ2) is 9.91. The van der Waals surface area contributed by atoms with Gasteiger partial charge < -0.3 is 10.1 Å². The molecule has 1 aromatic heterocycles. The summed E-state index contributed by atoms with van der Waals surface area (Å²) in [6, 6.07) is 13.2. The van der Waals surface area contributed by atoms with Gasteiger partial charge in [-0.05, 0) is 50.5 Å². The number of hydrogen-bond donors (Lipinski definition) is 1. The predicted octanol–water partition coefficient (Wildman–Crippen LogP) is 4.17. The van der Waals surface area contributed by atoms with E-state index in [-0.39, 0.29) is 11.5 Å². The monoisotopic (exact) mass is 425 g/mol. The third-order valence-electron chi connectivity index (χ3n) is 4.94. The number of benzene rings is 2. The topological polar surface area (TPSA) is 73.2 Å². The van der Waals surface area contributed by atoms with Gasteiger partial charge in [0, 0.05) is 25.9 Å². The number of thioether (sulfide) groups is 1. The summed E-state index contributed by atoms with van der Waals surface area (Å²) >= 11 is 1.30. The summed E-state index contributed by atoms with van der Waals surface area (Å²) in [6.07, 6.45) is 0.687. The van der Waals surface area contributed by atoms with Gasteiger partial charge in [-0.15, -0.1) is 0 Å². The Hall–Kier alpha value is -2.64. The van der Waals surface area contributed by atoms with Crippen LogP contribution in [0.15, 0.2) is 52.4 Å². The second-order valence-corrected chi connectivity index (χ2v) is 8.54. The molecule has 0 radical (unpaired) electrons. The van der Waals surface area contributed by atoms with Gasteiger partial charge in [0.15, 0.2) is 5.16 Å². The largest absolute Gasteiger partial charge is 0.385 e. The van der Waals surface area contributed by atoms with Crippen LogP contribution in [0.4, 0.5) is 5.69 Å². The van der Waals surface area contributed by atoms with E-state index in [1.807, 2.05) is 57.2 Å². The van der Waals surface area contributed by atoms with Gasteiger partial charge in [-0.2, -0.15) is 0 Å². The van der Waals surface area contributed by atoms with Crippen molar-refractivity contribution in [2.75, 3.05) is 19.0 Å². The summed E-state index contributed by atoms with van der Waals surface area (Å²) in [5.41, 5.74) is 3.40. The summed E-state index contributed by atoms with van der Waals surface area (Å²) < 4.78 is 6.78. The standard InChI is InChI=1S/C23H27N3O3S/c1-15-9-7-10-16(2)20(15)25-21(27)17(3)30-23-24-19-12-6-5-11-18(19)22(28)26(23)13-8-14-29-4/h5-7,9-12,17H,8,13-14H2,1-4H3,(H,25,27). The van der Waals surface area contributed by atoms with Crippen LogP contribution in [0, 0.1) is 13.8 Å². The van der Waals surface area contributed by atoms with Crippen molar-refractivity contribution in [2.24, 2.45) is 0 Å². The molecular formula is C23H27N3O3S. The number of hydrogen-bond acceptors (Lipinski definition) is 5. The number of amides is 1. The van der Waals surface area contributed by atoms with E-state index < -0.39 is 5.25 Å². The molecule has 0 saturated heterocycles. The zero-order valence-electron chi connectivity index (χ0n) is 17.8. The zero-order chi connectivity index (χ0) is 21.7. The smallest absolute Gasteiger partial charge is 0.262 e. The molecule has 7 heteroatoms. The Morgan fingerprint density at radius 3 is 2.57 bits per heavy atom. The average molecular weight is 426 g/mol. The number of fused-ring (bicyclic) bond motifs is 1. The van der Waals surface area contributed by atoms with Crippen LogP contribution in [0.25, 0.3) is 10.9 Å². The molecule has 0 spiro atoms. The Morgan fingerprint density at radius 2 is 1.87 bits per heavy atom. The number of nitrogens with one attached hydrogen (secondary N) is 1. The van der Waals surface area contributed by atoms with Crippen LogP contribution < -0.4 is 10.9 Å². The van der Waals surface area contributed by atoms with Crippen molar-refractivity contribution >= 4 is 34.3 Å². The van der Waals surface area contributed by atoms with Gasteiger partial charge in [-0.25, -0.2) is 4.98 Å². The van der Waals surface area contributed by atoms with Crippen LogP contribution in [0.2, 0.25) is 0 Å². The first-order valence-corrected chi connectivity index (χ1v) is 10.8. The Kier molecular flexibility index (Phi) is 7.29. The third kappa shape index (κ3) is 4.91. The fourth-order valence-corrected chi connectivity index (χ4v) is 4.18. The molecule has 0 fully saturated rings. The van der Waals surface area contributed by atoms with Crippen molar-refractivity contribution in [3.05, 3.63) is 63.9 Å². The number of nitrogens with zero attached hydrogens (tertiary/aromatic N) is 2. The lowest BCUT2D eigenvalue weighted by Crippen LogP contribution is -2.27. The molecule has 0 aliphatic carbocycles. The fraction of sp³-hybridized carbons (Fsp3) is 0.348. The molecule has 0 aliphatic rings. The summed E-state index contributed by atoms with van der Waals surface area (Å²) in [7, 11) is 1.64. The number of aryl methyl sites for hydroxylation is 2. The van der Waals surface area contributed by atoms with Gasteiger partial charge in [0.2, 0.25) is 5.91 Å². The maximum atomic E-state index is 13.0. The normalized spacial score (nSPS) is 12.1. The molecule has 3 aromatic rings. The Bertz CT molecular complexity index is 1090. The minimum Gasteiger partial charge on any atom is -0.385 e. The van der Waals surface area contributed by atoms with Crippen LogP contribution in [0.5, 0.6) is 0 Å². The number of methoxy groups -OCH3 is 1. The maximum Gasteiger partial charge on any atom is 0.262 e. The second-order valence-electron chi connectivity index (χ2n) is 7.23. The summed E-state index contributed by atoms with van der Waals surface area (Å²) in [6.45, 7) is 6.80. The lowest BCUT2D eigenvalue weighted by molar-refractivity contribution is -0.115. The first kappa shape index (κ1) is 22.1. The highest BCUT2D eigenvalue weighted by Gasteiger charge is 2.20. The molecule has 158 valence electrons. The van der Waals surface area contributed by atoms with E-state index >= 15 is 0 Å². The van der Waals surface area contributed by atoms with Crippen molar-refractivity contribution in [3.8, 4) is 0 Å². The van der Waals surface area contributed by atoms with E-state index in [1.54, 1.807) is 17.7 Å². The molecule has 1 N–H and O–H groups in total. The molecule has 0 aliphatic heterocycles. The van der Waals surface area contributed by atoms with Crippen LogP contribution >= 0.6 is 11.8 Å². The van der Waals surface area contributed by atoms with Gasteiger partial charge in [0.25, 0.3) is 5.56 Å². The van der Waals surface area contributed by atoms with E-state index in [2.05, 4.69) is 10.3 Å². The van der Waals surface area contributed by atoms with Gasteiger partial charge in [-0.3, -0.25) is 14.2 Å². The van der Waals surface area contributed by atoms with E-state index in [0.29, 0.717) is 35.6 Å². The lowest BCUT2D eigenvalue weighted by Gasteiger charge is -2.17. The molecule has 1 atom stereocenters. The van der Waals surface area contributed by atoms with E-state index in [4.69, 9.17) is 4.74 Å². The highest BCUT2D eigenvalue weighted by atomic mass is 32.2.